The Balaban J connectivity index is 2.08. The molecule has 1 aliphatic carbocycles. The summed E-state index contributed by atoms with van der Waals surface area (Å²) in [6.07, 6.45) is 2.54. The molecule has 3 rings (SSSR count). The number of rotatable bonds is 3. The molecule has 1 fully saturated rings. The van der Waals surface area contributed by atoms with E-state index in [0.717, 1.165) is 15.9 Å². The average molecular weight is 306 g/mol. The minimum atomic E-state index is 0.502. The van der Waals surface area contributed by atoms with Gasteiger partial charge in [-0.3, -0.25) is 0 Å². The quantitative estimate of drug-likeness (QED) is 0.945. The Kier molecular flexibility index (Phi) is 2.99. The highest BCUT2D eigenvalue weighted by Crippen LogP contribution is 2.41. The van der Waals surface area contributed by atoms with Crippen molar-refractivity contribution in [2.75, 3.05) is 0 Å². The van der Waals surface area contributed by atoms with E-state index in [-0.39, 0.29) is 0 Å². The van der Waals surface area contributed by atoms with Crippen LogP contribution in [0.3, 0.4) is 0 Å². The minimum absolute atomic E-state index is 0.502. The lowest BCUT2D eigenvalue weighted by Crippen LogP contribution is -2.03. The lowest BCUT2D eigenvalue weighted by molar-refractivity contribution is 0.785. The van der Waals surface area contributed by atoms with Gasteiger partial charge in [0.05, 0.1) is 11.4 Å². The van der Waals surface area contributed by atoms with Gasteiger partial charge in [0.1, 0.15) is 0 Å². The van der Waals surface area contributed by atoms with Crippen LogP contribution < -0.4 is 5.73 Å². The summed E-state index contributed by atoms with van der Waals surface area (Å²) in [7, 11) is 0. The van der Waals surface area contributed by atoms with E-state index in [2.05, 4.69) is 56.9 Å². The maximum atomic E-state index is 5.70. The van der Waals surface area contributed by atoms with Gasteiger partial charge in [-0.05, 0) is 49.6 Å². The van der Waals surface area contributed by atoms with Gasteiger partial charge in [0.15, 0.2) is 0 Å². The number of hydrogen-bond acceptors (Lipinski definition) is 2. The first-order valence-corrected chi connectivity index (χ1v) is 7.04. The van der Waals surface area contributed by atoms with E-state index in [1.165, 1.54) is 24.1 Å². The van der Waals surface area contributed by atoms with E-state index in [0.29, 0.717) is 12.5 Å². The van der Waals surface area contributed by atoms with Gasteiger partial charge in [-0.25, -0.2) is 4.68 Å². The molecular weight excluding hydrogens is 290 g/mol. The number of benzene rings is 1. The van der Waals surface area contributed by atoms with E-state index >= 15 is 0 Å². The summed E-state index contributed by atoms with van der Waals surface area (Å²) in [4.78, 5) is 0. The number of aromatic nitrogens is 2. The SMILES string of the molecule is Cc1cc(-n2nc(CN)cc2C2CC2)ccc1Br. The van der Waals surface area contributed by atoms with Crippen molar-refractivity contribution in [3.63, 3.8) is 0 Å². The lowest BCUT2D eigenvalue weighted by Gasteiger charge is -2.08. The number of nitrogens with two attached hydrogens (primary N) is 1. The second kappa shape index (κ2) is 4.52. The number of aryl methyl sites for hydroxylation is 1. The molecule has 0 atom stereocenters. The second-order valence-corrected chi connectivity index (χ2v) is 5.74. The fourth-order valence-electron chi connectivity index (χ4n) is 2.18. The molecule has 2 N–H and O–H groups in total. The first kappa shape index (κ1) is 11.9. The fraction of sp³-hybridized carbons (Fsp3) is 0.357. The molecule has 1 heterocycles. The van der Waals surface area contributed by atoms with Crippen LogP contribution in [0.4, 0.5) is 0 Å². The maximum Gasteiger partial charge on any atom is 0.0767 e. The molecule has 3 nitrogen and oxygen atoms in total. The molecule has 4 heteroatoms. The fourth-order valence-corrected chi connectivity index (χ4v) is 2.43. The Morgan fingerprint density at radius 2 is 2.17 bits per heavy atom. The molecule has 1 saturated carbocycles. The zero-order chi connectivity index (χ0) is 12.7. The van der Waals surface area contributed by atoms with E-state index in [1.807, 2.05) is 0 Å². The summed E-state index contributed by atoms with van der Waals surface area (Å²) in [5.74, 6) is 0.668. The Labute approximate surface area is 115 Å². The van der Waals surface area contributed by atoms with E-state index < -0.39 is 0 Å². The van der Waals surface area contributed by atoms with Gasteiger partial charge in [0, 0.05) is 22.6 Å². The van der Waals surface area contributed by atoms with Crippen molar-refractivity contribution in [2.24, 2.45) is 5.73 Å². The monoisotopic (exact) mass is 305 g/mol. The van der Waals surface area contributed by atoms with Crippen LogP contribution in [0, 0.1) is 6.92 Å². The van der Waals surface area contributed by atoms with Gasteiger partial charge in [-0.2, -0.15) is 5.10 Å². The molecule has 0 unspecified atom stereocenters. The van der Waals surface area contributed by atoms with Gasteiger partial charge < -0.3 is 5.73 Å². The summed E-state index contributed by atoms with van der Waals surface area (Å²) in [6.45, 7) is 2.60. The molecule has 0 spiro atoms. The Morgan fingerprint density at radius 1 is 1.39 bits per heavy atom. The van der Waals surface area contributed by atoms with Crippen molar-refractivity contribution in [3.05, 3.63) is 45.7 Å². The van der Waals surface area contributed by atoms with Crippen molar-refractivity contribution in [2.45, 2.75) is 32.2 Å². The zero-order valence-corrected chi connectivity index (χ0v) is 11.9. The smallest absolute Gasteiger partial charge is 0.0767 e. The van der Waals surface area contributed by atoms with Crippen LogP contribution in [0.5, 0.6) is 0 Å². The van der Waals surface area contributed by atoms with Gasteiger partial charge in [0.25, 0.3) is 0 Å². The van der Waals surface area contributed by atoms with E-state index in [1.54, 1.807) is 0 Å². The largest absolute Gasteiger partial charge is 0.325 e. The Bertz CT molecular complexity index is 585. The molecule has 2 aromatic rings. The summed E-state index contributed by atoms with van der Waals surface area (Å²) < 4.78 is 3.18. The van der Waals surface area contributed by atoms with Crippen LogP contribution in [0.15, 0.2) is 28.7 Å². The predicted molar refractivity (Wildman–Crippen MR) is 75.9 cm³/mol. The highest BCUT2D eigenvalue weighted by Gasteiger charge is 2.28. The van der Waals surface area contributed by atoms with Gasteiger partial charge in [0.2, 0.25) is 0 Å². The zero-order valence-electron chi connectivity index (χ0n) is 10.4. The Morgan fingerprint density at radius 3 is 2.78 bits per heavy atom. The van der Waals surface area contributed by atoms with Gasteiger partial charge in [-0.15, -0.1) is 0 Å². The highest BCUT2D eigenvalue weighted by atomic mass is 79.9. The molecule has 1 aliphatic rings. The number of halogens is 1. The van der Waals surface area contributed by atoms with E-state index in [4.69, 9.17) is 5.73 Å². The molecule has 0 bridgehead atoms. The molecule has 0 amide bonds. The number of nitrogens with zero attached hydrogens (tertiary/aromatic N) is 2. The van der Waals surface area contributed by atoms with E-state index in [9.17, 15) is 0 Å². The third-order valence-electron chi connectivity index (χ3n) is 3.38. The minimum Gasteiger partial charge on any atom is -0.325 e. The van der Waals surface area contributed by atoms with Crippen molar-refractivity contribution in [1.29, 1.82) is 0 Å². The first-order chi connectivity index (χ1) is 8.69. The molecule has 0 radical (unpaired) electrons. The summed E-state index contributed by atoms with van der Waals surface area (Å²) in [5, 5.41) is 4.61. The van der Waals surface area contributed by atoms with Gasteiger partial charge in [-0.1, -0.05) is 15.9 Å². The van der Waals surface area contributed by atoms with Crippen LogP contribution in [-0.2, 0) is 6.54 Å². The second-order valence-electron chi connectivity index (χ2n) is 4.88. The van der Waals surface area contributed by atoms with Crippen LogP contribution in [0.25, 0.3) is 5.69 Å². The van der Waals surface area contributed by atoms with Crippen molar-refractivity contribution < 1.29 is 0 Å². The highest BCUT2D eigenvalue weighted by molar-refractivity contribution is 9.10. The van der Waals surface area contributed by atoms with Crippen molar-refractivity contribution >= 4 is 15.9 Å². The molecule has 0 aliphatic heterocycles. The molecule has 1 aromatic heterocycles. The predicted octanol–water partition coefficient (Wildman–Crippen LogP) is 3.28. The number of hydrogen-bond donors (Lipinski definition) is 1. The third-order valence-corrected chi connectivity index (χ3v) is 4.27. The molecule has 0 saturated heterocycles. The summed E-state index contributed by atoms with van der Waals surface area (Å²) in [6, 6.07) is 8.47. The normalized spacial score (nSPS) is 15.1. The molecule has 94 valence electrons. The lowest BCUT2D eigenvalue weighted by atomic mass is 10.2. The topological polar surface area (TPSA) is 43.8 Å². The van der Waals surface area contributed by atoms with Crippen LogP contribution in [-0.4, -0.2) is 9.78 Å². The van der Waals surface area contributed by atoms with Crippen LogP contribution >= 0.6 is 15.9 Å². The maximum absolute atomic E-state index is 5.70. The first-order valence-electron chi connectivity index (χ1n) is 6.24. The molecule has 1 aromatic carbocycles. The van der Waals surface area contributed by atoms with Crippen LogP contribution in [0.1, 0.15) is 35.7 Å². The Hall–Kier alpha value is -1.13. The third kappa shape index (κ3) is 2.10. The summed E-state index contributed by atoms with van der Waals surface area (Å²) in [5.41, 5.74) is 10.3. The van der Waals surface area contributed by atoms with Crippen LogP contribution in [0.2, 0.25) is 0 Å². The van der Waals surface area contributed by atoms with Crippen molar-refractivity contribution in [3.8, 4) is 5.69 Å². The molecular formula is C14H16BrN3. The summed E-state index contributed by atoms with van der Waals surface area (Å²) >= 11 is 3.53. The molecule has 18 heavy (non-hydrogen) atoms. The average Bonchev–Trinajstić information content (AvgIpc) is 3.12. The van der Waals surface area contributed by atoms with Crippen molar-refractivity contribution in [1.82, 2.24) is 9.78 Å². The van der Waals surface area contributed by atoms with Gasteiger partial charge >= 0.3 is 0 Å². The standard InChI is InChI=1S/C14H16BrN3/c1-9-6-12(4-5-13(9)15)18-14(10-2-3-10)7-11(8-16)17-18/h4-7,10H,2-3,8,16H2,1H3.